The summed E-state index contributed by atoms with van der Waals surface area (Å²) in [5.74, 6) is -0.644. The molecular formula is C17H16ClFN2O4S. The monoisotopic (exact) mass is 398 g/mol. The highest BCUT2D eigenvalue weighted by Gasteiger charge is 2.29. The molecule has 0 spiro atoms. The highest BCUT2D eigenvalue weighted by molar-refractivity contribution is 7.92. The van der Waals surface area contributed by atoms with Crippen LogP contribution in [-0.4, -0.2) is 20.4 Å². The van der Waals surface area contributed by atoms with Crippen LogP contribution in [0.1, 0.15) is 18.9 Å². The maximum Gasteiger partial charge on any atom is 0.265 e. The van der Waals surface area contributed by atoms with Crippen molar-refractivity contribution >= 4 is 38.9 Å². The number of rotatable bonds is 4. The number of amides is 1. The number of aryl methyl sites for hydroxylation is 1. The lowest BCUT2D eigenvalue weighted by Gasteiger charge is -2.26. The number of benzene rings is 2. The van der Waals surface area contributed by atoms with Gasteiger partial charge >= 0.3 is 0 Å². The standard InChI is InChI=1S/C17H16ClFN2O4S/c1-3-14-17(22)20-13-7-11(18)16(8-15(13)25-14)26(23,24)21-10-5-4-9(2)12(19)6-10/h4-8,14,21H,3H2,1-2H3,(H,20,22). The van der Waals surface area contributed by atoms with Crippen LogP contribution >= 0.6 is 11.6 Å². The molecule has 1 aliphatic rings. The molecule has 2 aromatic rings. The normalized spacial score (nSPS) is 16.5. The molecule has 1 aliphatic heterocycles. The third kappa shape index (κ3) is 3.47. The van der Waals surface area contributed by atoms with Gasteiger partial charge in [0.15, 0.2) is 6.10 Å². The highest BCUT2D eigenvalue weighted by Crippen LogP contribution is 2.37. The minimum Gasteiger partial charge on any atom is -0.478 e. The Morgan fingerprint density at radius 2 is 2.04 bits per heavy atom. The number of hydrogen-bond acceptors (Lipinski definition) is 4. The Hall–Kier alpha value is -2.32. The molecule has 2 N–H and O–H groups in total. The fourth-order valence-electron chi connectivity index (χ4n) is 2.49. The summed E-state index contributed by atoms with van der Waals surface area (Å²) >= 11 is 6.09. The summed E-state index contributed by atoms with van der Waals surface area (Å²) in [6.07, 6.45) is -0.282. The van der Waals surface area contributed by atoms with E-state index in [2.05, 4.69) is 10.0 Å². The van der Waals surface area contributed by atoms with E-state index in [1.54, 1.807) is 13.8 Å². The fraction of sp³-hybridized carbons (Fsp3) is 0.235. The molecule has 138 valence electrons. The highest BCUT2D eigenvalue weighted by atomic mass is 35.5. The van der Waals surface area contributed by atoms with Gasteiger partial charge in [0.05, 0.1) is 16.4 Å². The molecule has 9 heteroatoms. The number of hydrogen-bond donors (Lipinski definition) is 2. The molecule has 1 unspecified atom stereocenters. The topological polar surface area (TPSA) is 84.5 Å². The second-order valence-corrected chi connectivity index (χ2v) is 7.91. The first-order chi connectivity index (χ1) is 12.2. The number of nitrogens with one attached hydrogen (secondary N) is 2. The van der Waals surface area contributed by atoms with Crippen molar-refractivity contribution in [2.24, 2.45) is 0 Å². The van der Waals surface area contributed by atoms with Gasteiger partial charge in [0.1, 0.15) is 16.5 Å². The van der Waals surface area contributed by atoms with Crippen molar-refractivity contribution in [2.45, 2.75) is 31.3 Å². The summed E-state index contributed by atoms with van der Waals surface area (Å²) in [6, 6.07) is 6.55. The summed E-state index contributed by atoms with van der Waals surface area (Å²) in [5, 5.41) is 2.54. The molecular weight excluding hydrogens is 383 g/mol. The van der Waals surface area contributed by atoms with E-state index in [9.17, 15) is 17.6 Å². The summed E-state index contributed by atoms with van der Waals surface area (Å²) in [7, 11) is -4.09. The van der Waals surface area contributed by atoms with Crippen molar-refractivity contribution < 1.29 is 22.3 Å². The van der Waals surface area contributed by atoms with Crippen LogP contribution < -0.4 is 14.8 Å². The third-order valence-corrected chi connectivity index (χ3v) is 5.78. The van der Waals surface area contributed by atoms with E-state index in [1.165, 1.54) is 24.3 Å². The molecule has 0 aliphatic carbocycles. The number of carbonyl (C=O) groups excluding carboxylic acids is 1. The van der Waals surface area contributed by atoms with Crippen LogP contribution in [-0.2, 0) is 14.8 Å². The number of carbonyl (C=O) groups is 1. The molecule has 0 fully saturated rings. The first kappa shape index (κ1) is 18.5. The Bertz CT molecular complexity index is 994. The zero-order valence-electron chi connectivity index (χ0n) is 14.0. The smallest absolute Gasteiger partial charge is 0.265 e. The van der Waals surface area contributed by atoms with Gasteiger partial charge in [0.2, 0.25) is 0 Å². The zero-order chi connectivity index (χ0) is 19.1. The van der Waals surface area contributed by atoms with Gasteiger partial charge in [-0.15, -0.1) is 0 Å². The molecule has 0 saturated carbocycles. The van der Waals surface area contributed by atoms with E-state index in [0.717, 1.165) is 6.07 Å². The molecule has 0 aromatic heterocycles. The van der Waals surface area contributed by atoms with E-state index >= 15 is 0 Å². The number of fused-ring (bicyclic) bond motifs is 1. The number of halogens is 2. The molecule has 1 atom stereocenters. The average Bonchev–Trinajstić information content (AvgIpc) is 2.56. The van der Waals surface area contributed by atoms with Gasteiger partial charge in [-0.05, 0) is 37.1 Å². The van der Waals surface area contributed by atoms with Crippen molar-refractivity contribution in [1.82, 2.24) is 0 Å². The maximum atomic E-state index is 13.7. The van der Waals surface area contributed by atoms with Crippen molar-refractivity contribution in [3.8, 4) is 5.75 Å². The summed E-state index contributed by atoms with van der Waals surface area (Å²) in [6.45, 7) is 3.35. The Morgan fingerprint density at radius 3 is 2.69 bits per heavy atom. The molecule has 0 bridgehead atoms. The maximum absolute atomic E-state index is 13.7. The fourth-order valence-corrected chi connectivity index (χ4v) is 4.08. The first-order valence-corrected chi connectivity index (χ1v) is 9.67. The summed E-state index contributed by atoms with van der Waals surface area (Å²) in [4.78, 5) is 11.6. The second kappa shape index (κ2) is 6.77. The number of sulfonamides is 1. The molecule has 1 heterocycles. The lowest BCUT2D eigenvalue weighted by molar-refractivity contribution is -0.123. The van der Waals surface area contributed by atoms with E-state index in [4.69, 9.17) is 16.3 Å². The van der Waals surface area contributed by atoms with Gasteiger partial charge in [-0.25, -0.2) is 12.8 Å². The van der Waals surface area contributed by atoms with Crippen molar-refractivity contribution in [2.75, 3.05) is 10.0 Å². The van der Waals surface area contributed by atoms with Crippen molar-refractivity contribution in [1.29, 1.82) is 0 Å². The van der Waals surface area contributed by atoms with Gasteiger partial charge in [0.25, 0.3) is 15.9 Å². The van der Waals surface area contributed by atoms with Crippen LogP contribution in [0.4, 0.5) is 15.8 Å². The van der Waals surface area contributed by atoms with Gasteiger partial charge in [-0.3, -0.25) is 9.52 Å². The van der Waals surface area contributed by atoms with Gasteiger partial charge in [0, 0.05) is 6.07 Å². The van der Waals surface area contributed by atoms with E-state index < -0.39 is 21.9 Å². The summed E-state index contributed by atoms with van der Waals surface area (Å²) in [5.41, 5.74) is 0.766. The minimum atomic E-state index is -4.09. The van der Waals surface area contributed by atoms with Crippen LogP contribution in [0.5, 0.6) is 5.75 Å². The zero-order valence-corrected chi connectivity index (χ0v) is 15.5. The molecule has 2 aromatic carbocycles. The second-order valence-electron chi connectivity index (χ2n) is 5.85. The van der Waals surface area contributed by atoms with Crippen LogP contribution in [0.25, 0.3) is 0 Å². The molecule has 6 nitrogen and oxygen atoms in total. The van der Waals surface area contributed by atoms with Crippen molar-refractivity contribution in [3.05, 3.63) is 46.7 Å². The van der Waals surface area contributed by atoms with Gasteiger partial charge < -0.3 is 10.1 Å². The molecule has 1 amide bonds. The lowest BCUT2D eigenvalue weighted by Crippen LogP contribution is -2.36. The Labute approximate surface area is 155 Å². The molecule has 26 heavy (non-hydrogen) atoms. The van der Waals surface area contributed by atoms with Gasteiger partial charge in [-0.2, -0.15) is 0 Å². The van der Waals surface area contributed by atoms with E-state index in [0.29, 0.717) is 17.7 Å². The van der Waals surface area contributed by atoms with E-state index in [-0.39, 0.29) is 27.3 Å². The summed E-state index contributed by atoms with van der Waals surface area (Å²) < 4.78 is 46.8. The average molecular weight is 399 g/mol. The predicted octanol–water partition coefficient (Wildman–Crippen LogP) is 3.70. The first-order valence-electron chi connectivity index (χ1n) is 7.81. The number of anilines is 2. The quantitative estimate of drug-likeness (QED) is 0.822. The predicted molar refractivity (Wildman–Crippen MR) is 96.7 cm³/mol. The third-order valence-electron chi connectivity index (χ3n) is 3.94. The van der Waals surface area contributed by atoms with Crippen LogP contribution in [0.15, 0.2) is 35.2 Å². The Balaban J connectivity index is 1.97. The van der Waals surface area contributed by atoms with Crippen LogP contribution in [0.2, 0.25) is 5.02 Å². The van der Waals surface area contributed by atoms with Crippen molar-refractivity contribution in [3.63, 3.8) is 0 Å². The molecule has 3 rings (SSSR count). The molecule has 0 saturated heterocycles. The Kier molecular flexibility index (Phi) is 4.81. The van der Waals surface area contributed by atoms with E-state index in [1.807, 2.05) is 0 Å². The largest absolute Gasteiger partial charge is 0.478 e. The van der Waals surface area contributed by atoms with Gasteiger partial charge in [-0.1, -0.05) is 24.6 Å². The van der Waals surface area contributed by atoms with Crippen LogP contribution in [0, 0.1) is 12.7 Å². The van der Waals surface area contributed by atoms with Crippen LogP contribution in [0.3, 0.4) is 0 Å². The number of ether oxygens (including phenoxy) is 1. The SMILES string of the molecule is CCC1Oc2cc(S(=O)(=O)Nc3ccc(C)c(F)c3)c(Cl)cc2NC1=O. The minimum absolute atomic E-state index is 0.0718. The molecule has 0 radical (unpaired) electrons. The lowest BCUT2D eigenvalue weighted by atomic mass is 10.2. The Morgan fingerprint density at radius 1 is 1.31 bits per heavy atom.